The van der Waals surface area contributed by atoms with Gasteiger partial charge >= 0.3 is 0 Å². The average Bonchev–Trinajstić information content (AvgIpc) is 2.80. The first kappa shape index (κ1) is 18.5. The Hall–Kier alpha value is -1.88. The van der Waals surface area contributed by atoms with Crippen LogP contribution in [0.2, 0.25) is 0 Å². The summed E-state index contributed by atoms with van der Waals surface area (Å²) in [6.45, 7) is 9.99. The van der Waals surface area contributed by atoms with E-state index in [0.29, 0.717) is 19.6 Å². The van der Waals surface area contributed by atoms with E-state index in [2.05, 4.69) is 10.2 Å². The lowest BCUT2D eigenvalue weighted by atomic mass is 9.83. The number of nitrogens with one attached hydrogen (secondary N) is 1. The third kappa shape index (κ3) is 4.57. The molecule has 1 heterocycles. The Kier molecular flexibility index (Phi) is 6.37. The van der Waals surface area contributed by atoms with Crippen LogP contribution in [0.25, 0.3) is 0 Å². The molecule has 0 unspecified atom stereocenters. The number of nitrogens with zero attached hydrogens (tertiary/aromatic N) is 2. The molecule has 0 spiro atoms. The van der Waals surface area contributed by atoms with Crippen LogP contribution in [-0.2, 0) is 15.0 Å². The molecule has 2 rings (SSSR count). The molecule has 1 aromatic carbocycles. The molecule has 5 nitrogen and oxygen atoms in total. The zero-order valence-corrected chi connectivity index (χ0v) is 15.0. The molecule has 0 radical (unpaired) electrons. The number of rotatable bonds is 5. The van der Waals surface area contributed by atoms with Crippen LogP contribution in [0.5, 0.6) is 0 Å². The maximum atomic E-state index is 13.0. The monoisotopic (exact) mass is 331 g/mol. The normalized spacial score (nSPS) is 16.5. The maximum absolute atomic E-state index is 13.0. The molecule has 132 valence electrons. The van der Waals surface area contributed by atoms with Crippen LogP contribution >= 0.6 is 0 Å². The highest BCUT2D eigenvalue weighted by Gasteiger charge is 2.34. The van der Waals surface area contributed by atoms with E-state index in [1.165, 1.54) is 0 Å². The minimum absolute atomic E-state index is 0.0573. The van der Waals surface area contributed by atoms with E-state index in [-0.39, 0.29) is 11.8 Å². The predicted molar refractivity (Wildman–Crippen MR) is 95.8 cm³/mol. The molecule has 1 aliphatic rings. The molecule has 24 heavy (non-hydrogen) atoms. The second-order valence-electron chi connectivity index (χ2n) is 6.87. The number of hydrogen-bond donors (Lipinski definition) is 1. The SMILES string of the molecule is CCNC(=O)CN1CCCN(C(=O)C(C)(C)c2ccccc2)CC1. The largest absolute Gasteiger partial charge is 0.355 e. The molecule has 1 saturated heterocycles. The van der Waals surface area contributed by atoms with Crippen LogP contribution in [0.4, 0.5) is 0 Å². The highest BCUT2D eigenvalue weighted by Crippen LogP contribution is 2.26. The van der Waals surface area contributed by atoms with Gasteiger partial charge in [0.2, 0.25) is 11.8 Å². The van der Waals surface area contributed by atoms with Crippen LogP contribution < -0.4 is 5.32 Å². The Morgan fingerprint density at radius 3 is 2.46 bits per heavy atom. The Morgan fingerprint density at radius 1 is 1.08 bits per heavy atom. The van der Waals surface area contributed by atoms with Gasteiger partial charge in [-0.15, -0.1) is 0 Å². The lowest BCUT2D eigenvalue weighted by Gasteiger charge is -2.31. The lowest BCUT2D eigenvalue weighted by molar-refractivity contribution is -0.136. The molecule has 0 aliphatic carbocycles. The molecule has 2 amide bonds. The number of amides is 2. The van der Waals surface area contributed by atoms with Gasteiger partial charge in [-0.1, -0.05) is 30.3 Å². The number of likely N-dealkylation sites (N-methyl/N-ethyl adjacent to an activating group) is 1. The van der Waals surface area contributed by atoms with Crippen molar-refractivity contribution in [1.29, 1.82) is 0 Å². The molecule has 5 heteroatoms. The Balaban J connectivity index is 1.98. The molecule has 0 saturated carbocycles. The summed E-state index contributed by atoms with van der Waals surface area (Å²) in [5, 5.41) is 2.83. The summed E-state index contributed by atoms with van der Waals surface area (Å²) < 4.78 is 0. The standard InChI is InChI=1S/C19H29N3O2/c1-4-20-17(23)15-21-11-8-12-22(14-13-21)18(24)19(2,3)16-9-6-5-7-10-16/h5-7,9-10H,4,8,11-15H2,1-3H3,(H,20,23). The maximum Gasteiger partial charge on any atom is 0.234 e. The van der Waals surface area contributed by atoms with Gasteiger partial charge in [0, 0.05) is 32.7 Å². The smallest absolute Gasteiger partial charge is 0.234 e. The third-order valence-electron chi connectivity index (χ3n) is 4.65. The summed E-state index contributed by atoms with van der Waals surface area (Å²) in [5.41, 5.74) is 0.508. The van der Waals surface area contributed by atoms with Gasteiger partial charge in [-0.25, -0.2) is 0 Å². The quantitative estimate of drug-likeness (QED) is 0.892. The molecular weight excluding hydrogens is 302 g/mol. The molecule has 0 aromatic heterocycles. The predicted octanol–water partition coefficient (Wildman–Crippen LogP) is 1.63. The van der Waals surface area contributed by atoms with Crippen molar-refractivity contribution in [3.8, 4) is 0 Å². The summed E-state index contributed by atoms with van der Waals surface area (Å²) in [6.07, 6.45) is 0.899. The van der Waals surface area contributed by atoms with Crippen LogP contribution in [0.1, 0.15) is 32.8 Å². The van der Waals surface area contributed by atoms with Crippen molar-refractivity contribution in [2.24, 2.45) is 0 Å². The van der Waals surface area contributed by atoms with Crippen molar-refractivity contribution < 1.29 is 9.59 Å². The summed E-state index contributed by atoms with van der Waals surface area (Å²) in [6, 6.07) is 9.94. The second kappa shape index (κ2) is 8.29. The highest BCUT2D eigenvalue weighted by molar-refractivity contribution is 5.87. The lowest BCUT2D eigenvalue weighted by Crippen LogP contribution is -2.45. The number of benzene rings is 1. The van der Waals surface area contributed by atoms with Gasteiger partial charge in [-0.3, -0.25) is 14.5 Å². The molecule has 1 fully saturated rings. The van der Waals surface area contributed by atoms with Crippen molar-refractivity contribution in [3.63, 3.8) is 0 Å². The van der Waals surface area contributed by atoms with E-state index in [1.54, 1.807) is 0 Å². The fraction of sp³-hybridized carbons (Fsp3) is 0.579. The van der Waals surface area contributed by atoms with Gasteiger partial charge in [0.1, 0.15) is 0 Å². The summed E-state index contributed by atoms with van der Waals surface area (Å²) >= 11 is 0. The topological polar surface area (TPSA) is 52.7 Å². The minimum atomic E-state index is -0.532. The van der Waals surface area contributed by atoms with Crippen LogP contribution in [0.15, 0.2) is 30.3 Å². The van der Waals surface area contributed by atoms with Gasteiger partial charge in [0.25, 0.3) is 0 Å². The van der Waals surface area contributed by atoms with E-state index in [9.17, 15) is 9.59 Å². The number of carbonyl (C=O) groups excluding carboxylic acids is 2. The fourth-order valence-electron chi connectivity index (χ4n) is 3.16. The van der Waals surface area contributed by atoms with E-state index < -0.39 is 5.41 Å². The van der Waals surface area contributed by atoms with Gasteiger partial charge in [-0.05, 0) is 32.8 Å². The summed E-state index contributed by atoms with van der Waals surface area (Å²) in [4.78, 5) is 28.9. The van der Waals surface area contributed by atoms with Crippen molar-refractivity contribution in [1.82, 2.24) is 15.1 Å². The van der Waals surface area contributed by atoms with Crippen molar-refractivity contribution in [3.05, 3.63) is 35.9 Å². The van der Waals surface area contributed by atoms with E-state index in [1.807, 2.05) is 56.0 Å². The second-order valence-corrected chi connectivity index (χ2v) is 6.87. The summed E-state index contributed by atoms with van der Waals surface area (Å²) in [7, 11) is 0. The Labute approximate surface area is 145 Å². The zero-order chi connectivity index (χ0) is 17.6. The van der Waals surface area contributed by atoms with Crippen molar-refractivity contribution in [2.75, 3.05) is 39.3 Å². The minimum Gasteiger partial charge on any atom is -0.355 e. The first-order valence-corrected chi connectivity index (χ1v) is 8.79. The van der Waals surface area contributed by atoms with Gasteiger partial charge in [-0.2, -0.15) is 0 Å². The first-order chi connectivity index (χ1) is 11.4. The first-order valence-electron chi connectivity index (χ1n) is 8.79. The molecule has 0 bridgehead atoms. The van der Waals surface area contributed by atoms with E-state index >= 15 is 0 Å². The fourth-order valence-corrected chi connectivity index (χ4v) is 3.16. The Bertz CT molecular complexity index is 557. The Morgan fingerprint density at radius 2 is 1.79 bits per heavy atom. The number of hydrogen-bond acceptors (Lipinski definition) is 3. The molecule has 1 aliphatic heterocycles. The molecule has 1 aromatic rings. The average molecular weight is 331 g/mol. The third-order valence-corrected chi connectivity index (χ3v) is 4.65. The van der Waals surface area contributed by atoms with Crippen LogP contribution in [0, 0.1) is 0 Å². The summed E-state index contributed by atoms with van der Waals surface area (Å²) in [5.74, 6) is 0.218. The van der Waals surface area contributed by atoms with Crippen molar-refractivity contribution in [2.45, 2.75) is 32.6 Å². The van der Waals surface area contributed by atoms with Crippen LogP contribution in [-0.4, -0.2) is 60.9 Å². The zero-order valence-electron chi connectivity index (χ0n) is 15.0. The van der Waals surface area contributed by atoms with Crippen molar-refractivity contribution >= 4 is 11.8 Å². The van der Waals surface area contributed by atoms with Gasteiger partial charge in [0.15, 0.2) is 0 Å². The van der Waals surface area contributed by atoms with Gasteiger partial charge in [0.05, 0.1) is 12.0 Å². The number of carbonyl (C=O) groups is 2. The molecule has 0 atom stereocenters. The van der Waals surface area contributed by atoms with E-state index in [0.717, 1.165) is 31.6 Å². The van der Waals surface area contributed by atoms with Crippen LogP contribution in [0.3, 0.4) is 0 Å². The molecular formula is C19H29N3O2. The molecule has 1 N–H and O–H groups in total. The van der Waals surface area contributed by atoms with E-state index in [4.69, 9.17) is 0 Å². The highest BCUT2D eigenvalue weighted by atomic mass is 16.2. The van der Waals surface area contributed by atoms with Gasteiger partial charge < -0.3 is 10.2 Å².